The van der Waals surface area contributed by atoms with E-state index in [0.29, 0.717) is 0 Å². The van der Waals surface area contributed by atoms with Gasteiger partial charge in [0.2, 0.25) is 0 Å². The Kier molecular flexibility index (Phi) is 9.09. The van der Waals surface area contributed by atoms with Crippen molar-refractivity contribution in [3.63, 3.8) is 0 Å². The van der Waals surface area contributed by atoms with E-state index in [1.54, 1.807) is 0 Å². The van der Waals surface area contributed by atoms with Gasteiger partial charge in [-0.05, 0) is 6.42 Å². The molecule has 0 aliphatic carbocycles. The first-order valence-electron chi connectivity index (χ1n) is 2.17. The molecule has 0 heterocycles. The molecule has 46 valence electrons. The first-order chi connectivity index (χ1) is 2.81. The standard InChI is InChI=1S/C4H11NO.ClH/c1-2-4(5)3-6;/h4,6H,2-3,5H2,1H3;1H/t4-;/m1./s1. The van der Waals surface area contributed by atoms with E-state index in [9.17, 15) is 0 Å². The molecule has 0 amide bonds. The lowest BCUT2D eigenvalue weighted by atomic mass is 10.3. The van der Waals surface area contributed by atoms with Gasteiger partial charge in [0.1, 0.15) is 0 Å². The van der Waals surface area contributed by atoms with Gasteiger partial charge in [0.05, 0.1) is 6.61 Å². The minimum Gasteiger partial charge on any atom is -0.395 e. The molecule has 0 bridgehead atoms. The number of aliphatic hydroxyl groups excluding tert-OH is 1. The molecule has 0 saturated carbocycles. The summed E-state index contributed by atoms with van der Waals surface area (Å²) in [5, 5.41) is 8.21. The Hall–Kier alpha value is 0.210. The zero-order valence-corrected chi connectivity index (χ0v) is 5.24. The van der Waals surface area contributed by atoms with E-state index in [2.05, 4.69) is 0 Å². The van der Waals surface area contributed by atoms with Crippen LogP contribution in [0.25, 0.3) is 0 Å². The summed E-state index contributed by atoms with van der Waals surface area (Å²) in [4.78, 5) is 0. The zero-order chi connectivity index (χ0) is 4.99. The van der Waals surface area contributed by atoms with Crippen LogP contribution in [0.1, 0.15) is 13.3 Å². The number of hydrogen-bond donors (Lipinski definition) is 2. The molecule has 0 spiro atoms. The molecule has 3 heteroatoms. The van der Waals surface area contributed by atoms with Crippen LogP contribution in [-0.4, -0.2) is 17.8 Å². The lowest BCUT2D eigenvalue weighted by Gasteiger charge is -1.98. The number of hydrogen-bond acceptors (Lipinski definition) is 2. The molecule has 0 aromatic carbocycles. The normalized spacial score (nSPS) is 12.4. The largest absolute Gasteiger partial charge is 0.395 e. The molecule has 0 aliphatic heterocycles. The van der Waals surface area contributed by atoms with Crippen molar-refractivity contribution < 1.29 is 5.11 Å². The highest BCUT2D eigenvalue weighted by Gasteiger charge is 1.90. The molecule has 7 heavy (non-hydrogen) atoms. The van der Waals surface area contributed by atoms with Crippen molar-refractivity contribution in [3.8, 4) is 0 Å². The summed E-state index contributed by atoms with van der Waals surface area (Å²) < 4.78 is 0. The van der Waals surface area contributed by atoms with Crippen LogP contribution in [-0.2, 0) is 0 Å². The van der Waals surface area contributed by atoms with Crippen LogP contribution in [0.15, 0.2) is 0 Å². The molecule has 2 nitrogen and oxygen atoms in total. The maximum absolute atomic E-state index is 8.21. The maximum atomic E-state index is 8.21. The Labute approximate surface area is 50.1 Å². The van der Waals surface area contributed by atoms with Gasteiger partial charge in [-0.15, -0.1) is 12.4 Å². The minimum absolute atomic E-state index is 0. The quantitative estimate of drug-likeness (QED) is 0.552. The van der Waals surface area contributed by atoms with Gasteiger partial charge in [-0.2, -0.15) is 0 Å². The second-order valence-corrected chi connectivity index (χ2v) is 1.35. The third kappa shape index (κ3) is 6.21. The van der Waals surface area contributed by atoms with Crippen LogP contribution in [0.2, 0.25) is 0 Å². The van der Waals surface area contributed by atoms with E-state index in [0.717, 1.165) is 6.42 Å². The highest BCUT2D eigenvalue weighted by Crippen LogP contribution is 1.79. The summed E-state index contributed by atoms with van der Waals surface area (Å²) in [6.45, 7) is 2.05. The zero-order valence-electron chi connectivity index (χ0n) is 4.42. The van der Waals surface area contributed by atoms with Crippen LogP contribution < -0.4 is 5.73 Å². The van der Waals surface area contributed by atoms with Crippen molar-refractivity contribution in [3.05, 3.63) is 0 Å². The number of aliphatic hydroxyl groups is 1. The van der Waals surface area contributed by atoms with Gasteiger partial charge < -0.3 is 10.8 Å². The van der Waals surface area contributed by atoms with Crippen molar-refractivity contribution in [2.75, 3.05) is 6.61 Å². The van der Waals surface area contributed by atoms with E-state index >= 15 is 0 Å². The predicted octanol–water partition coefficient (Wildman–Crippen LogP) is 0.138. The van der Waals surface area contributed by atoms with Crippen molar-refractivity contribution in [1.82, 2.24) is 0 Å². The predicted molar refractivity (Wildman–Crippen MR) is 32.6 cm³/mol. The monoisotopic (exact) mass is 125 g/mol. The molecule has 0 aromatic rings. The van der Waals surface area contributed by atoms with Crippen LogP contribution in [0, 0.1) is 0 Å². The van der Waals surface area contributed by atoms with E-state index < -0.39 is 0 Å². The fourth-order valence-electron chi connectivity index (χ4n) is 0.129. The average Bonchev–Trinajstić information content (AvgIpc) is 1.65. The number of halogens is 1. The van der Waals surface area contributed by atoms with Crippen molar-refractivity contribution in [1.29, 1.82) is 0 Å². The molecule has 0 saturated heterocycles. The second-order valence-electron chi connectivity index (χ2n) is 1.35. The Morgan fingerprint density at radius 1 is 1.71 bits per heavy atom. The molecule has 3 N–H and O–H groups in total. The first-order valence-corrected chi connectivity index (χ1v) is 2.17. The minimum atomic E-state index is -0.00926. The highest BCUT2D eigenvalue weighted by atomic mass is 35.5. The van der Waals surface area contributed by atoms with Gasteiger partial charge in [-0.25, -0.2) is 0 Å². The molecule has 1 atom stereocenters. The summed E-state index contributed by atoms with van der Waals surface area (Å²) >= 11 is 0. The Bertz CT molecular complexity index is 30.9. The summed E-state index contributed by atoms with van der Waals surface area (Å²) in [6.07, 6.45) is 0.858. The van der Waals surface area contributed by atoms with Crippen molar-refractivity contribution in [2.45, 2.75) is 19.4 Å². The van der Waals surface area contributed by atoms with Crippen LogP contribution >= 0.6 is 12.4 Å². The molecule has 0 unspecified atom stereocenters. The van der Waals surface area contributed by atoms with Crippen LogP contribution in [0.3, 0.4) is 0 Å². The van der Waals surface area contributed by atoms with Gasteiger partial charge in [-0.1, -0.05) is 6.92 Å². The van der Waals surface area contributed by atoms with Crippen LogP contribution in [0.5, 0.6) is 0 Å². The lowest BCUT2D eigenvalue weighted by molar-refractivity contribution is 0.263. The topological polar surface area (TPSA) is 46.2 Å². The number of nitrogens with two attached hydrogens (primary N) is 1. The summed E-state index contributed by atoms with van der Waals surface area (Å²) in [6, 6.07) is -0.00926. The van der Waals surface area contributed by atoms with E-state index in [1.165, 1.54) is 0 Å². The third-order valence-corrected chi connectivity index (χ3v) is 0.759. The smallest absolute Gasteiger partial charge is 0.0582 e. The number of rotatable bonds is 2. The molecule has 0 aliphatic rings. The fraction of sp³-hybridized carbons (Fsp3) is 1.00. The van der Waals surface area contributed by atoms with Gasteiger partial charge >= 0.3 is 0 Å². The summed E-state index contributed by atoms with van der Waals surface area (Å²) in [7, 11) is 0. The van der Waals surface area contributed by atoms with Crippen molar-refractivity contribution >= 4 is 12.4 Å². The van der Waals surface area contributed by atoms with Gasteiger partial charge in [0, 0.05) is 6.04 Å². The summed E-state index contributed by atoms with van der Waals surface area (Å²) in [5.41, 5.74) is 5.22. The molecule has 0 radical (unpaired) electrons. The highest BCUT2D eigenvalue weighted by molar-refractivity contribution is 5.85. The Balaban J connectivity index is 0. The van der Waals surface area contributed by atoms with E-state index in [1.807, 2.05) is 6.92 Å². The Morgan fingerprint density at radius 3 is 2.14 bits per heavy atom. The average molecular weight is 126 g/mol. The van der Waals surface area contributed by atoms with Gasteiger partial charge in [-0.3, -0.25) is 0 Å². The van der Waals surface area contributed by atoms with Crippen LogP contribution in [0.4, 0.5) is 0 Å². The third-order valence-electron chi connectivity index (χ3n) is 0.759. The lowest BCUT2D eigenvalue weighted by Crippen LogP contribution is -2.22. The summed E-state index contributed by atoms with van der Waals surface area (Å²) in [5.74, 6) is 0. The van der Waals surface area contributed by atoms with E-state index in [-0.39, 0.29) is 25.1 Å². The first kappa shape index (κ1) is 10.2. The molecular formula is C4H12ClNO. The molecule has 0 fully saturated rings. The fourth-order valence-corrected chi connectivity index (χ4v) is 0.129. The van der Waals surface area contributed by atoms with Gasteiger partial charge in [0.25, 0.3) is 0 Å². The second kappa shape index (κ2) is 6.21. The van der Waals surface area contributed by atoms with Gasteiger partial charge in [0.15, 0.2) is 0 Å². The molecule has 0 aromatic heterocycles. The van der Waals surface area contributed by atoms with E-state index in [4.69, 9.17) is 10.8 Å². The SMILES string of the molecule is CC[C@@H](N)CO.Cl. The molecular weight excluding hydrogens is 114 g/mol. The Morgan fingerprint density at radius 2 is 2.14 bits per heavy atom. The maximum Gasteiger partial charge on any atom is 0.0582 e. The van der Waals surface area contributed by atoms with Crippen molar-refractivity contribution in [2.24, 2.45) is 5.73 Å². The molecule has 0 rings (SSSR count).